The number of Topliss-reactive ketones (excluding diaryl/α,β-unsaturated/α-hetero) is 1. The molecule has 0 spiro atoms. The first-order chi connectivity index (χ1) is 9.32. The number of ether oxygens (including phenoxy) is 2. The fourth-order valence-electron chi connectivity index (χ4n) is 1.80. The zero-order chi connectivity index (χ0) is 15.3. The van der Waals surface area contributed by atoms with Gasteiger partial charge in [-0.1, -0.05) is 0 Å². The SMILES string of the molecule is CC(=O)CCCC(=O)OCC1OC(O)C(O)C(O)C1O. The lowest BCUT2D eigenvalue weighted by Gasteiger charge is -2.37. The molecule has 116 valence electrons. The van der Waals surface area contributed by atoms with Gasteiger partial charge in [-0.05, 0) is 13.3 Å². The highest BCUT2D eigenvalue weighted by atomic mass is 16.6. The molecule has 8 heteroatoms. The van der Waals surface area contributed by atoms with Gasteiger partial charge >= 0.3 is 5.97 Å². The molecule has 0 amide bonds. The van der Waals surface area contributed by atoms with Gasteiger partial charge in [0.1, 0.15) is 36.8 Å². The van der Waals surface area contributed by atoms with E-state index in [0.29, 0.717) is 6.42 Å². The molecule has 0 saturated carbocycles. The van der Waals surface area contributed by atoms with Crippen molar-refractivity contribution in [2.75, 3.05) is 6.61 Å². The Morgan fingerprint density at radius 3 is 2.30 bits per heavy atom. The molecule has 20 heavy (non-hydrogen) atoms. The predicted octanol–water partition coefficient (Wildman–Crippen LogP) is -1.91. The lowest BCUT2D eigenvalue weighted by molar-refractivity contribution is -0.287. The van der Waals surface area contributed by atoms with Crippen LogP contribution in [0.4, 0.5) is 0 Å². The second kappa shape index (κ2) is 7.65. The summed E-state index contributed by atoms with van der Waals surface area (Å²) in [6, 6.07) is 0. The van der Waals surface area contributed by atoms with Gasteiger partial charge in [-0.15, -0.1) is 0 Å². The van der Waals surface area contributed by atoms with Crippen LogP contribution in [-0.2, 0) is 19.1 Å². The lowest BCUT2D eigenvalue weighted by Crippen LogP contribution is -2.58. The summed E-state index contributed by atoms with van der Waals surface area (Å²) >= 11 is 0. The monoisotopic (exact) mass is 292 g/mol. The summed E-state index contributed by atoms with van der Waals surface area (Å²) in [6.07, 6.45) is -6.76. The van der Waals surface area contributed by atoms with E-state index in [1.165, 1.54) is 6.92 Å². The summed E-state index contributed by atoms with van der Waals surface area (Å²) in [5, 5.41) is 37.6. The van der Waals surface area contributed by atoms with E-state index in [9.17, 15) is 30.0 Å². The largest absolute Gasteiger partial charge is 0.463 e. The average Bonchev–Trinajstić information content (AvgIpc) is 2.38. The number of carbonyl (C=O) groups excluding carboxylic acids is 2. The van der Waals surface area contributed by atoms with Crippen LogP contribution < -0.4 is 0 Å². The van der Waals surface area contributed by atoms with Crippen LogP contribution in [0.5, 0.6) is 0 Å². The standard InChI is InChI=1S/C12H20O8/c1-6(13)3-2-4-8(14)19-5-7-9(15)10(16)11(17)12(18)20-7/h7,9-12,15-18H,2-5H2,1H3. The van der Waals surface area contributed by atoms with Crippen LogP contribution >= 0.6 is 0 Å². The Labute approximate surface area is 115 Å². The van der Waals surface area contributed by atoms with Crippen LogP contribution in [0, 0.1) is 0 Å². The predicted molar refractivity (Wildman–Crippen MR) is 64.4 cm³/mol. The number of esters is 1. The molecule has 0 bridgehead atoms. The maximum Gasteiger partial charge on any atom is 0.305 e. The molecule has 1 rings (SSSR count). The van der Waals surface area contributed by atoms with Gasteiger partial charge in [0.2, 0.25) is 0 Å². The zero-order valence-corrected chi connectivity index (χ0v) is 11.1. The molecule has 0 aromatic carbocycles. The Balaban J connectivity index is 2.33. The third kappa shape index (κ3) is 4.80. The minimum Gasteiger partial charge on any atom is -0.463 e. The van der Waals surface area contributed by atoms with Crippen molar-refractivity contribution in [3.63, 3.8) is 0 Å². The molecular formula is C12H20O8. The molecule has 1 heterocycles. The van der Waals surface area contributed by atoms with Crippen molar-refractivity contribution in [3.8, 4) is 0 Å². The summed E-state index contributed by atoms with van der Waals surface area (Å²) < 4.78 is 9.67. The number of aliphatic hydroxyl groups excluding tert-OH is 4. The minimum absolute atomic E-state index is 0.0240. The fraction of sp³-hybridized carbons (Fsp3) is 0.833. The maximum atomic E-state index is 11.4. The normalized spacial score (nSPS) is 33.8. The highest BCUT2D eigenvalue weighted by molar-refractivity contribution is 5.76. The third-order valence-corrected chi connectivity index (χ3v) is 3.01. The molecule has 0 aromatic rings. The molecule has 0 aromatic heterocycles. The van der Waals surface area contributed by atoms with Gasteiger partial charge in [-0.3, -0.25) is 4.79 Å². The van der Waals surface area contributed by atoms with E-state index in [2.05, 4.69) is 0 Å². The molecule has 4 N–H and O–H groups in total. The number of carbonyl (C=O) groups is 2. The topological polar surface area (TPSA) is 134 Å². The summed E-state index contributed by atoms with van der Waals surface area (Å²) in [5.74, 6) is -0.596. The van der Waals surface area contributed by atoms with E-state index in [0.717, 1.165) is 0 Å². The highest BCUT2D eigenvalue weighted by Crippen LogP contribution is 2.20. The Morgan fingerprint density at radius 2 is 1.70 bits per heavy atom. The first-order valence-electron chi connectivity index (χ1n) is 6.35. The van der Waals surface area contributed by atoms with Crippen molar-refractivity contribution in [1.82, 2.24) is 0 Å². The number of hydrogen-bond donors (Lipinski definition) is 4. The Hall–Kier alpha value is -1.06. The van der Waals surface area contributed by atoms with E-state index in [1.807, 2.05) is 0 Å². The molecule has 1 aliphatic heterocycles. The number of ketones is 1. The Morgan fingerprint density at radius 1 is 1.05 bits per heavy atom. The van der Waals surface area contributed by atoms with Crippen LogP contribution in [0.15, 0.2) is 0 Å². The molecular weight excluding hydrogens is 272 g/mol. The van der Waals surface area contributed by atoms with Crippen molar-refractivity contribution < 1.29 is 39.5 Å². The van der Waals surface area contributed by atoms with E-state index in [-0.39, 0.29) is 25.2 Å². The number of aliphatic hydroxyl groups is 4. The second-order valence-electron chi connectivity index (χ2n) is 4.78. The highest BCUT2D eigenvalue weighted by Gasteiger charge is 2.43. The van der Waals surface area contributed by atoms with E-state index < -0.39 is 36.7 Å². The molecule has 0 radical (unpaired) electrons. The van der Waals surface area contributed by atoms with Crippen molar-refractivity contribution in [2.45, 2.75) is 56.9 Å². The van der Waals surface area contributed by atoms with Crippen molar-refractivity contribution in [2.24, 2.45) is 0 Å². The minimum atomic E-state index is -1.66. The van der Waals surface area contributed by atoms with E-state index >= 15 is 0 Å². The quantitative estimate of drug-likeness (QED) is 0.417. The van der Waals surface area contributed by atoms with E-state index in [4.69, 9.17) is 9.47 Å². The second-order valence-corrected chi connectivity index (χ2v) is 4.78. The van der Waals surface area contributed by atoms with Crippen molar-refractivity contribution >= 4 is 11.8 Å². The van der Waals surface area contributed by atoms with Gasteiger partial charge in [-0.2, -0.15) is 0 Å². The lowest BCUT2D eigenvalue weighted by atomic mass is 9.99. The molecule has 1 fully saturated rings. The summed E-state index contributed by atoms with van der Waals surface area (Å²) in [7, 11) is 0. The zero-order valence-electron chi connectivity index (χ0n) is 11.1. The van der Waals surface area contributed by atoms with Crippen molar-refractivity contribution in [3.05, 3.63) is 0 Å². The fourth-order valence-corrected chi connectivity index (χ4v) is 1.80. The van der Waals surface area contributed by atoms with Crippen LogP contribution in [-0.4, -0.2) is 69.5 Å². The first-order valence-corrected chi connectivity index (χ1v) is 6.35. The number of hydrogen-bond acceptors (Lipinski definition) is 8. The average molecular weight is 292 g/mol. The van der Waals surface area contributed by atoms with Gasteiger partial charge in [-0.25, -0.2) is 0 Å². The van der Waals surface area contributed by atoms with Crippen LogP contribution in [0.25, 0.3) is 0 Å². The van der Waals surface area contributed by atoms with E-state index in [1.54, 1.807) is 0 Å². The van der Waals surface area contributed by atoms with Crippen LogP contribution in [0.2, 0.25) is 0 Å². The summed E-state index contributed by atoms with van der Waals surface area (Å²) in [6.45, 7) is 1.06. The van der Waals surface area contributed by atoms with Crippen LogP contribution in [0.1, 0.15) is 26.2 Å². The maximum absolute atomic E-state index is 11.4. The summed E-state index contributed by atoms with van der Waals surface area (Å²) in [5.41, 5.74) is 0. The van der Waals surface area contributed by atoms with Crippen LogP contribution in [0.3, 0.4) is 0 Å². The van der Waals surface area contributed by atoms with Gasteiger partial charge in [0.25, 0.3) is 0 Å². The van der Waals surface area contributed by atoms with Gasteiger partial charge in [0.05, 0.1) is 0 Å². The van der Waals surface area contributed by atoms with Crippen molar-refractivity contribution in [1.29, 1.82) is 0 Å². The molecule has 5 unspecified atom stereocenters. The van der Waals surface area contributed by atoms with Gasteiger partial charge in [0, 0.05) is 12.8 Å². The molecule has 0 aliphatic carbocycles. The molecule has 5 atom stereocenters. The first kappa shape index (κ1) is 17.0. The Bertz CT molecular complexity index is 344. The summed E-state index contributed by atoms with van der Waals surface area (Å²) in [4.78, 5) is 22.0. The molecule has 1 saturated heterocycles. The molecule has 1 aliphatic rings. The Kier molecular flexibility index (Phi) is 6.50. The van der Waals surface area contributed by atoms with Gasteiger partial charge < -0.3 is 34.7 Å². The molecule has 8 nitrogen and oxygen atoms in total. The number of rotatable bonds is 6. The third-order valence-electron chi connectivity index (χ3n) is 3.01. The smallest absolute Gasteiger partial charge is 0.305 e. The van der Waals surface area contributed by atoms with Gasteiger partial charge in [0.15, 0.2) is 6.29 Å².